The fourth-order valence-electron chi connectivity index (χ4n) is 1.80. The van der Waals surface area contributed by atoms with Crippen LogP contribution >= 0.6 is 0 Å². The molecule has 0 aromatic heterocycles. The van der Waals surface area contributed by atoms with Crippen LogP contribution in [0.25, 0.3) is 0 Å². The van der Waals surface area contributed by atoms with Gasteiger partial charge in [-0.15, -0.1) is 0 Å². The number of rotatable bonds is 1. The van der Waals surface area contributed by atoms with E-state index in [9.17, 15) is 0 Å². The van der Waals surface area contributed by atoms with Crippen LogP contribution in [-0.4, -0.2) is 24.5 Å². The Morgan fingerprint density at radius 3 is 2.73 bits per heavy atom. The summed E-state index contributed by atoms with van der Waals surface area (Å²) in [5.41, 5.74) is 0. The third kappa shape index (κ3) is 3.24. The first kappa shape index (κ1) is 9.05. The number of hydrogen-bond acceptors (Lipinski definition) is 1. The van der Waals surface area contributed by atoms with Gasteiger partial charge in [0.05, 0.1) is 0 Å². The van der Waals surface area contributed by atoms with Crippen molar-refractivity contribution in [3.8, 4) is 0 Å². The summed E-state index contributed by atoms with van der Waals surface area (Å²) in [7, 11) is 0. The first-order chi connectivity index (χ1) is 5.33. The summed E-state index contributed by atoms with van der Waals surface area (Å²) in [5.74, 6) is 0.962. The molecule has 1 aliphatic rings. The van der Waals surface area contributed by atoms with Gasteiger partial charge in [0.1, 0.15) is 0 Å². The molecular formula is C10H21N. The summed E-state index contributed by atoms with van der Waals surface area (Å²) in [4.78, 5) is 2.58. The van der Waals surface area contributed by atoms with Crippen molar-refractivity contribution in [1.82, 2.24) is 4.90 Å². The Kier molecular flexibility index (Phi) is 3.92. The second-order valence-corrected chi connectivity index (χ2v) is 3.82. The molecule has 0 amide bonds. The van der Waals surface area contributed by atoms with Crippen molar-refractivity contribution in [2.45, 2.75) is 39.5 Å². The smallest absolute Gasteiger partial charge is 0.00163 e. The van der Waals surface area contributed by atoms with E-state index in [1.165, 1.54) is 45.3 Å². The van der Waals surface area contributed by atoms with Crippen molar-refractivity contribution < 1.29 is 0 Å². The van der Waals surface area contributed by atoms with Gasteiger partial charge in [0.2, 0.25) is 0 Å². The van der Waals surface area contributed by atoms with Crippen molar-refractivity contribution in [1.29, 1.82) is 0 Å². The molecule has 0 saturated carbocycles. The number of nitrogens with zero attached hydrogens (tertiary/aromatic N) is 1. The average Bonchev–Trinajstić information content (AvgIpc) is 1.98. The predicted molar refractivity (Wildman–Crippen MR) is 49.7 cm³/mol. The molecule has 0 N–H and O–H groups in total. The largest absolute Gasteiger partial charge is 0.304 e. The van der Waals surface area contributed by atoms with Gasteiger partial charge < -0.3 is 4.90 Å². The predicted octanol–water partition coefficient (Wildman–Crippen LogP) is 2.52. The fourth-order valence-corrected chi connectivity index (χ4v) is 1.80. The molecule has 0 aromatic rings. The normalized spacial score (nSPS) is 29.5. The van der Waals surface area contributed by atoms with Crippen LogP contribution in [0.15, 0.2) is 0 Å². The van der Waals surface area contributed by atoms with Gasteiger partial charge in [-0.2, -0.15) is 0 Å². The monoisotopic (exact) mass is 155 g/mol. The van der Waals surface area contributed by atoms with Crippen LogP contribution < -0.4 is 0 Å². The number of likely N-dealkylation sites (tertiary alicyclic amines) is 1. The third-order valence-corrected chi connectivity index (χ3v) is 2.81. The maximum absolute atomic E-state index is 2.58. The molecule has 1 fully saturated rings. The molecule has 0 aromatic carbocycles. The van der Waals surface area contributed by atoms with E-state index < -0.39 is 0 Å². The lowest BCUT2D eigenvalue weighted by molar-refractivity contribution is 0.235. The zero-order valence-electron chi connectivity index (χ0n) is 7.97. The maximum Gasteiger partial charge on any atom is -0.00163 e. The van der Waals surface area contributed by atoms with Gasteiger partial charge in [0.15, 0.2) is 0 Å². The van der Waals surface area contributed by atoms with E-state index in [-0.39, 0.29) is 0 Å². The van der Waals surface area contributed by atoms with Crippen molar-refractivity contribution in [2.75, 3.05) is 19.6 Å². The van der Waals surface area contributed by atoms with Gasteiger partial charge >= 0.3 is 0 Å². The van der Waals surface area contributed by atoms with Crippen molar-refractivity contribution in [3.05, 3.63) is 0 Å². The Hall–Kier alpha value is -0.0400. The van der Waals surface area contributed by atoms with Crippen molar-refractivity contribution in [3.63, 3.8) is 0 Å². The first-order valence-corrected chi connectivity index (χ1v) is 5.05. The zero-order valence-corrected chi connectivity index (χ0v) is 7.97. The Balaban J connectivity index is 2.25. The minimum atomic E-state index is 0.962. The van der Waals surface area contributed by atoms with Gasteiger partial charge in [-0.25, -0.2) is 0 Å². The highest BCUT2D eigenvalue weighted by Crippen LogP contribution is 2.16. The lowest BCUT2D eigenvalue weighted by Crippen LogP contribution is -2.28. The van der Waals surface area contributed by atoms with Crippen LogP contribution in [-0.2, 0) is 0 Å². The highest BCUT2D eigenvalue weighted by Gasteiger charge is 2.09. The molecule has 1 atom stereocenters. The van der Waals surface area contributed by atoms with Gasteiger partial charge in [0.25, 0.3) is 0 Å². The van der Waals surface area contributed by atoms with Crippen LogP contribution in [0.4, 0.5) is 0 Å². The molecular weight excluding hydrogens is 134 g/mol. The molecule has 1 saturated heterocycles. The first-order valence-electron chi connectivity index (χ1n) is 5.05. The topological polar surface area (TPSA) is 3.24 Å². The molecule has 1 nitrogen and oxygen atoms in total. The van der Waals surface area contributed by atoms with Crippen LogP contribution in [0.3, 0.4) is 0 Å². The molecule has 0 spiro atoms. The summed E-state index contributed by atoms with van der Waals surface area (Å²) in [6.07, 6.45) is 5.72. The van der Waals surface area contributed by atoms with Crippen LogP contribution in [0.1, 0.15) is 39.5 Å². The highest BCUT2D eigenvalue weighted by atomic mass is 15.1. The SMILES string of the molecule is CCN1CCCCC(C)CC1. The molecule has 1 heteroatoms. The van der Waals surface area contributed by atoms with Crippen LogP contribution in [0.2, 0.25) is 0 Å². The highest BCUT2D eigenvalue weighted by molar-refractivity contribution is 4.64. The summed E-state index contributed by atoms with van der Waals surface area (Å²) in [6, 6.07) is 0. The molecule has 0 bridgehead atoms. The Labute approximate surface area is 70.8 Å². The minimum absolute atomic E-state index is 0.962. The molecule has 1 aliphatic heterocycles. The van der Waals surface area contributed by atoms with Gasteiger partial charge in [-0.1, -0.05) is 26.7 Å². The molecule has 0 radical (unpaired) electrons. The quantitative estimate of drug-likeness (QED) is 0.562. The second-order valence-electron chi connectivity index (χ2n) is 3.82. The minimum Gasteiger partial charge on any atom is -0.304 e. The van der Waals surface area contributed by atoms with Gasteiger partial charge in [-0.05, 0) is 38.4 Å². The van der Waals surface area contributed by atoms with Crippen LogP contribution in [0.5, 0.6) is 0 Å². The summed E-state index contributed by atoms with van der Waals surface area (Å²) in [5, 5.41) is 0. The van der Waals surface area contributed by atoms with E-state index in [0.717, 1.165) is 5.92 Å². The summed E-state index contributed by atoms with van der Waals surface area (Å²) < 4.78 is 0. The Bertz CT molecular complexity index is 101. The maximum atomic E-state index is 2.58. The van der Waals surface area contributed by atoms with E-state index in [4.69, 9.17) is 0 Å². The third-order valence-electron chi connectivity index (χ3n) is 2.81. The summed E-state index contributed by atoms with van der Waals surface area (Å²) in [6.45, 7) is 8.57. The van der Waals surface area contributed by atoms with Crippen molar-refractivity contribution >= 4 is 0 Å². The molecule has 66 valence electrons. The fraction of sp³-hybridized carbons (Fsp3) is 1.00. The van der Waals surface area contributed by atoms with E-state index >= 15 is 0 Å². The lowest BCUT2D eigenvalue weighted by Gasteiger charge is -2.25. The van der Waals surface area contributed by atoms with Gasteiger partial charge in [0, 0.05) is 0 Å². The van der Waals surface area contributed by atoms with E-state index in [2.05, 4.69) is 18.7 Å². The summed E-state index contributed by atoms with van der Waals surface area (Å²) >= 11 is 0. The molecule has 0 aliphatic carbocycles. The molecule has 1 rings (SSSR count). The number of hydrogen-bond donors (Lipinski definition) is 0. The van der Waals surface area contributed by atoms with Crippen LogP contribution in [0, 0.1) is 5.92 Å². The molecule has 1 unspecified atom stereocenters. The Morgan fingerprint density at radius 2 is 2.00 bits per heavy atom. The van der Waals surface area contributed by atoms with E-state index in [1.807, 2.05) is 0 Å². The van der Waals surface area contributed by atoms with Crippen molar-refractivity contribution in [2.24, 2.45) is 5.92 Å². The van der Waals surface area contributed by atoms with Gasteiger partial charge in [-0.3, -0.25) is 0 Å². The van der Waals surface area contributed by atoms with E-state index in [0.29, 0.717) is 0 Å². The zero-order chi connectivity index (χ0) is 8.10. The Morgan fingerprint density at radius 1 is 1.18 bits per heavy atom. The molecule has 1 heterocycles. The standard InChI is InChI=1S/C10H21N/c1-3-11-8-5-4-6-10(2)7-9-11/h10H,3-9H2,1-2H3. The van der Waals surface area contributed by atoms with E-state index in [1.54, 1.807) is 0 Å². The lowest BCUT2D eigenvalue weighted by atomic mass is 9.98. The molecule has 11 heavy (non-hydrogen) atoms. The second kappa shape index (κ2) is 4.76. The average molecular weight is 155 g/mol.